The largest absolute Gasteiger partial charge is 0.461 e. The third-order valence-corrected chi connectivity index (χ3v) is 3.66. The SMILES string of the molecule is CC(C)(C)OC(=O)NC(CC(=O)Oc1ccc([N+](=O)[O-])cc1)C(=O)OCC(CON(O)O)ON(O)O. The van der Waals surface area contributed by atoms with Gasteiger partial charge in [0.1, 0.15) is 36.7 Å². The molecule has 1 amide bonds. The Morgan fingerprint density at radius 2 is 1.67 bits per heavy atom. The van der Waals surface area contributed by atoms with Crippen LogP contribution in [0.1, 0.15) is 27.2 Å². The molecular weight excluding hydrogens is 496 g/mol. The van der Waals surface area contributed by atoms with Crippen molar-refractivity contribution >= 4 is 23.7 Å². The Bertz CT molecular complexity index is 887. The summed E-state index contributed by atoms with van der Waals surface area (Å²) in [5, 5.41) is 46.1. The molecule has 0 aliphatic rings. The fraction of sp³-hybridized carbons (Fsp3) is 0.500. The van der Waals surface area contributed by atoms with E-state index in [1.807, 2.05) is 0 Å². The zero-order valence-corrected chi connectivity index (χ0v) is 19.3. The van der Waals surface area contributed by atoms with E-state index in [9.17, 15) is 24.5 Å². The second kappa shape index (κ2) is 14.2. The van der Waals surface area contributed by atoms with E-state index < -0.39 is 71.1 Å². The van der Waals surface area contributed by atoms with Gasteiger partial charge in [-0.2, -0.15) is 0 Å². The average molecular weight is 522 g/mol. The van der Waals surface area contributed by atoms with Gasteiger partial charge < -0.3 is 19.5 Å². The number of amides is 1. The second-order valence-electron chi connectivity index (χ2n) is 7.79. The Kier molecular flexibility index (Phi) is 12.0. The topological polar surface area (TPSA) is 240 Å². The molecule has 18 heteroatoms. The third-order valence-electron chi connectivity index (χ3n) is 3.66. The van der Waals surface area contributed by atoms with Gasteiger partial charge in [0.2, 0.25) is 0 Å². The van der Waals surface area contributed by atoms with Gasteiger partial charge in [0.25, 0.3) is 5.69 Å². The molecule has 1 aromatic rings. The van der Waals surface area contributed by atoms with E-state index in [4.69, 9.17) is 35.0 Å². The number of carbonyl (C=O) groups excluding carboxylic acids is 3. The lowest BCUT2D eigenvalue weighted by molar-refractivity contribution is -0.527. The van der Waals surface area contributed by atoms with Crippen LogP contribution < -0.4 is 10.1 Å². The number of nitro groups is 1. The van der Waals surface area contributed by atoms with Crippen LogP contribution in [0.3, 0.4) is 0 Å². The van der Waals surface area contributed by atoms with Crippen molar-refractivity contribution in [3.63, 3.8) is 0 Å². The molecule has 0 aliphatic carbocycles. The highest BCUT2D eigenvalue weighted by atomic mass is 17.1. The third kappa shape index (κ3) is 12.8. The molecule has 0 spiro atoms. The molecular formula is C18H26N4O14. The first-order valence-corrected chi connectivity index (χ1v) is 9.93. The Morgan fingerprint density at radius 1 is 1.06 bits per heavy atom. The number of carbonyl (C=O) groups is 3. The minimum atomic E-state index is -1.67. The minimum absolute atomic E-state index is 0.0795. The second-order valence-corrected chi connectivity index (χ2v) is 7.79. The summed E-state index contributed by atoms with van der Waals surface area (Å²) in [5.41, 5.74) is -1.21. The highest BCUT2D eigenvalue weighted by Gasteiger charge is 2.30. The molecule has 0 bridgehead atoms. The average Bonchev–Trinajstić information content (AvgIpc) is 2.73. The molecule has 18 nitrogen and oxygen atoms in total. The molecule has 0 radical (unpaired) electrons. The molecule has 0 aliphatic heterocycles. The van der Waals surface area contributed by atoms with Gasteiger partial charge in [-0.25, -0.2) is 19.3 Å². The lowest BCUT2D eigenvalue weighted by Crippen LogP contribution is -2.46. The van der Waals surface area contributed by atoms with E-state index in [0.29, 0.717) is 0 Å². The summed E-state index contributed by atoms with van der Waals surface area (Å²) < 4.78 is 15.0. The first-order valence-electron chi connectivity index (χ1n) is 9.93. The summed E-state index contributed by atoms with van der Waals surface area (Å²) >= 11 is 0. The van der Waals surface area contributed by atoms with Crippen LogP contribution in [-0.4, -0.2) is 85.5 Å². The number of rotatable bonds is 13. The van der Waals surface area contributed by atoms with Gasteiger partial charge in [0, 0.05) is 12.1 Å². The van der Waals surface area contributed by atoms with Gasteiger partial charge in [0.15, 0.2) is 0 Å². The van der Waals surface area contributed by atoms with E-state index >= 15 is 0 Å². The summed E-state index contributed by atoms with van der Waals surface area (Å²) in [4.78, 5) is 55.8. The first-order chi connectivity index (χ1) is 16.7. The Balaban J connectivity index is 2.89. The maximum atomic E-state index is 12.6. The van der Waals surface area contributed by atoms with Crippen LogP contribution in [0, 0.1) is 10.1 Å². The van der Waals surface area contributed by atoms with Crippen LogP contribution in [0.15, 0.2) is 24.3 Å². The van der Waals surface area contributed by atoms with Crippen molar-refractivity contribution in [2.24, 2.45) is 0 Å². The number of hydrogen-bond acceptors (Lipinski definition) is 16. The normalized spacial score (nSPS) is 13.1. The van der Waals surface area contributed by atoms with Crippen molar-refractivity contribution in [3.8, 4) is 5.75 Å². The summed E-state index contributed by atoms with van der Waals surface area (Å²) in [6.07, 6.45) is -3.36. The molecule has 0 fully saturated rings. The molecule has 0 saturated heterocycles. The molecule has 5 N–H and O–H groups in total. The smallest absolute Gasteiger partial charge is 0.408 e. The van der Waals surface area contributed by atoms with Crippen LogP contribution >= 0.6 is 0 Å². The van der Waals surface area contributed by atoms with Gasteiger partial charge in [0.05, 0.1) is 22.1 Å². The summed E-state index contributed by atoms with van der Waals surface area (Å²) in [7, 11) is 0. The highest BCUT2D eigenvalue weighted by molar-refractivity contribution is 5.87. The van der Waals surface area contributed by atoms with Crippen molar-refractivity contribution in [2.75, 3.05) is 13.2 Å². The van der Waals surface area contributed by atoms with Crippen molar-refractivity contribution in [3.05, 3.63) is 34.4 Å². The fourth-order valence-corrected chi connectivity index (χ4v) is 2.29. The zero-order chi connectivity index (χ0) is 27.5. The van der Waals surface area contributed by atoms with Crippen molar-refractivity contribution in [1.29, 1.82) is 0 Å². The van der Waals surface area contributed by atoms with Crippen molar-refractivity contribution in [1.82, 2.24) is 16.1 Å². The molecule has 0 aromatic heterocycles. The Morgan fingerprint density at radius 3 is 2.17 bits per heavy atom. The lowest BCUT2D eigenvalue weighted by atomic mass is 10.2. The zero-order valence-electron chi connectivity index (χ0n) is 19.3. The van der Waals surface area contributed by atoms with Crippen LogP contribution in [0.25, 0.3) is 0 Å². The van der Waals surface area contributed by atoms with E-state index in [1.165, 1.54) is 0 Å². The maximum absolute atomic E-state index is 12.6. The van der Waals surface area contributed by atoms with E-state index in [2.05, 4.69) is 15.0 Å². The summed E-state index contributed by atoms with van der Waals surface area (Å²) in [6, 6.07) is 2.79. The molecule has 0 heterocycles. The van der Waals surface area contributed by atoms with E-state index in [0.717, 1.165) is 24.3 Å². The first kappa shape index (κ1) is 30.5. The van der Waals surface area contributed by atoms with Crippen LogP contribution in [-0.2, 0) is 28.7 Å². The van der Waals surface area contributed by atoms with Crippen molar-refractivity contribution in [2.45, 2.75) is 44.9 Å². The summed E-state index contributed by atoms with van der Waals surface area (Å²) in [6.45, 7) is 3.10. The van der Waals surface area contributed by atoms with Crippen LogP contribution in [0.2, 0.25) is 0 Å². The standard InChI is InChI=1S/C18H26N4O14/c1-18(2,3)35-17(25)19-14(8-15(23)34-12-6-4-11(5-7-12)20(26)27)16(24)32-9-13(36-22(30)31)10-33-21(28)29/h4-7,13-14,28-31H,8-10H2,1-3H3,(H,19,25). The number of non-ortho nitro benzene ring substituents is 1. The predicted molar refractivity (Wildman–Crippen MR) is 109 cm³/mol. The number of esters is 2. The number of alkyl carbamates (subject to hydrolysis) is 1. The van der Waals surface area contributed by atoms with Crippen molar-refractivity contribution < 1.29 is 64.0 Å². The number of ether oxygens (including phenoxy) is 3. The fourth-order valence-electron chi connectivity index (χ4n) is 2.29. The summed E-state index contributed by atoms with van der Waals surface area (Å²) in [5.74, 6) is -2.34. The van der Waals surface area contributed by atoms with Gasteiger partial charge >= 0.3 is 18.0 Å². The Hall–Kier alpha value is -3.49. The molecule has 36 heavy (non-hydrogen) atoms. The number of nitrogens with zero attached hydrogens (tertiary/aromatic N) is 3. The lowest BCUT2D eigenvalue weighted by Gasteiger charge is -2.23. The molecule has 2 unspecified atom stereocenters. The van der Waals surface area contributed by atoms with Gasteiger partial charge in [-0.15, -0.1) is 0 Å². The van der Waals surface area contributed by atoms with Crippen LogP contribution in [0.4, 0.5) is 10.5 Å². The molecule has 1 rings (SSSR count). The Labute approximate surface area is 202 Å². The monoisotopic (exact) mass is 522 g/mol. The number of nitrogens with one attached hydrogen (secondary N) is 1. The highest BCUT2D eigenvalue weighted by Crippen LogP contribution is 2.18. The number of benzene rings is 1. The van der Waals surface area contributed by atoms with Gasteiger partial charge in [-0.3, -0.25) is 35.7 Å². The number of nitro benzene ring substituents is 1. The quantitative estimate of drug-likeness (QED) is 0.104. The van der Waals surface area contributed by atoms with Gasteiger partial charge in [-0.1, -0.05) is 0 Å². The van der Waals surface area contributed by atoms with E-state index in [-0.39, 0.29) is 11.4 Å². The predicted octanol–water partition coefficient (Wildman–Crippen LogP) is 0.719. The molecule has 1 aromatic carbocycles. The minimum Gasteiger partial charge on any atom is -0.461 e. The van der Waals surface area contributed by atoms with Crippen LogP contribution in [0.5, 0.6) is 5.75 Å². The number of hydrogen-bond donors (Lipinski definition) is 5. The van der Waals surface area contributed by atoms with Gasteiger partial charge in [-0.05, 0) is 32.9 Å². The maximum Gasteiger partial charge on any atom is 0.408 e. The molecule has 0 saturated carbocycles. The molecule has 2 atom stereocenters. The van der Waals surface area contributed by atoms with E-state index in [1.54, 1.807) is 20.8 Å². The molecule has 202 valence electrons.